The lowest BCUT2D eigenvalue weighted by molar-refractivity contribution is 0.963. The molecule has 0 aliphatic rings. The number of hydrogen-bond donors (Lipinski definition) is 0. The SMILES string of the molecule is [c]1cncn1-c1cccc2nc3ccccc3n12. The highest BCUT2D eigenvalue weighted by atomic mass is 15.2. The third kappa shape index (κ3) is 1.20. The number of rotatable bonds is 1. The fraction of sp³-hybridized carbons (Fsp3) is 0. The molecule has 4 nitrogen and oxygen atoms in total. The Hall–Kier alpha value is -2.62. The summed E-state index contributed by atoms with van der Waals surface area (Å²) in [5.41, 5.74) is 3.01. The zero-order chi connectivity index (χ0) is 11.9. The first-order valence-corrected chi connectivity index (χ1v) is 5.70. The molecular formula is C14H9N4. The molecule has 0 N–H and O–H groups in total. The zero-order valence-electron chi connectivity index (χ0n) is 9.49. The third-order valence-corrected chi connectivity index (χ3v) is 3.01. The molecule has 1 radical (unpaired) electrons. The average Bonchev–Trinajstić information content (AvgIpc) is 3.05. The van der Waals surface area contributed by atoms with E-state index in [0.29, 0.717) is 0 Å². The van der Waals surface area contributed by atoms with Gasteiger partial charge in [-0.05, 0) is 24.3 Å². The lowest BCUT2D eigenvalue weighted by Gasteiger charge is -2.06. The predicted molar refractivity (Wildman–Crippen MR) is 68.7 cm³/mol. The smallest absolute Gasteiger partial charge is 0.139 e. The van der Waals surface area contributed by atoms with Gasteiger partial charge < -0.3 is 0 Å². The van der Waals surface area contributed by atoms with Crippen LogP contribution in [-0.2, 0) is 0 Å². The van der Waals surface area contributed by atoms with Crippen molar-refractivity contribution in [3.63, 3.8) is 0 Å². The van der Waals surface area contributed by atoms with Gasteiger partial charge in [0.15, 0.2) is 0 Å². The molecular weight excluding hydrogens is 224 g/mol. The Morgan fingerprint density at radius 3 is 2.83 bits per heavy atom. The van der Waals surface area contributed by atoms with Crippen LogP contribution in [0, 0.1) is 6.20 Å². The Bertz CT molecular complexity index is 827. The van der Waals surface area contributed by atoms with Crippen LogP contribution >= 0.6 is 0 Å². The van der Waals surface area contributed by atoms with Crippen LogP contribution in [-0.4, -0.2) is 18.9 Å². The molecule has 3 heterocycles. The summed E-state index contributed by atoms with van der Waals surface area (Å²) in [5.74, 6) is 0.985. The van der Waals surface area contributed by atoms with E-state index in [-0.39, 0.29) is 0 Å². The van der Waals surface area contributed by atoms with E-state index in [4.69, 9.17) is 0 Å². The maximum atomic E-state index is 4.60. The van der Waals surface area contributed by atoms with Gasteiger partial charge in [-0.15, -0.1) is 0 Å². The number of nitrogens with zero attached hydrogens (tertiary/aromatic N) is 4. The van der Waals surface area contributed by atoms with Crippen molar-refractivity contribution in [2.24, 2.45) is 0 Å². The zero-order valence-corrected chi connectivity index (χ0v) is 9.49. The molecule has 0 spiro atoms. The summed E-state index contributed by atoms with van der Waals surface area (Å²) >= 11 is 0. The van der Waals surface area contributed by atoms with E-state index < -0.39 is 0 Å². The number of para-hydroxylation sites is 2. The summed E-state index contributed by atoms with van der Waals surface area (Å²) in [6, 6.07) is 14.1. The predicted octanol–water partition coefficient (Wildman–Crippen LogP) is 2.47. The van der Waals surface area contributed by atoms with Gasteiger partial charge in [-0.3, -0.25) is 8.97 Å². The number of hydrogen-bond acceptors (Lipinski definition) is 2. The Morgan fingerprint density at radius 2 is 1.94 bits per heavy atom. The summed E-state index contributed by atoms with van der Waals surface area (Å²) < 4.78 is 3.97. The van der Waals surface area contributed by atoms with E-state index in [1.165, 1.54) is 0 Å². The summed E-state index contributed by atoms with van der Waals surface area (Å²) in [6.45, 7) is 0. The molecule has 0 amide bonds. The summed E-state index contributed by atoms with van der Waals surface area (Å²) in [5, 5.41) is 0. The van der Waals surface area contributed by atoms with Gasteiger partial charge in [-0.25, -0.2) is 9.97 Å². The van der Waals surface area contributed by atoms with Crippen LogP contribution in [0.25, 0.3) is 22.5 Å². The van der Waals surface area contributed by atoms with Crippen molar-refractivity contribution >= 4 is 16.7 Å². The van der Waals surface area contributed by atoms with Gasteiger partial charge in [0, 0.05) is 0 Å². The van der Waals surface area contributed by atoms with Crippen molar-refractivity contribution in [1.29, 1.82) is 0 Å². The molecule has 0 unspecified atom stereocenters. The monoisotopic (exact) mass is 233 g/mol. The van der Waals surface area contributed by atoms with E-state index in [2.05, 4.69) is 26.6 Å². The first-order valence-electron chi connectivity index (χ1n) is 5.70. The van der Waals surface area contributed by atoms with E-state index in [9.17, 15) is 0 Å². The minimum absolute atomic E-state index is 0.927. The van der Waals surface area contributed by atoms with E-state index in [1.807, 2.05) is 41.0 Å². The number of benzene rings is 1. The molecule has 1 aromatic carbocycles. The molecule has 0 saturated carbocycles. The van der Waals surface area contributed by atoms with Gasteiger partial charge in [0.2, 0.25) is 0 Å². The van der Waals surface area contributed by atoms with Gasteiger partial charge in [-0.2, -0.15) is 0 Å². The van der Waals surface area contributed by atoms with E-state index >= 15 is 0 Å². The quantitative estimate of drug-likeness (QED) is 0.506. The van der Waals surface area contributed by atoms with Crippen LogP contribution in [0.2, 0.25) is 0 Å². The second-order valence-electron chi connectivity index (χ2n) is 4.07. The Balaban J connectivity index is 2.21. The van der Waals surface area contributed by atoms with Crippen LogP contribution in [0.1, 0.15) is 0 Å². The summed E-state index contributed by atoms with van der Waals surface area (Å²) in [4.78, 5) is 8.64. The van der Waals surface area contributed by atoms with Crippen LogP contribution in [0.4, 0.5) is 0 Å². The van der Waals surface area contributed by atoms with Gasteiger partial charge in [0.05, 0.1) is 23.4 Å². The highest BCUT2D eigenvalue weighted by Gasteiger charge is 2.08. The molecule has 0 aliphatic heterocycles. The topological polar surface area (TPSA) is 35.1 Å². The summed E-state index contributed by atoms with van der Waals surface area (Å²) in [7, 11) is 0. The van der Waals surface area contributed by atoms with Gasteiger partial charge in [0.25, 0.3) is 0 Å². The van der Waals surface area contributed by atoms with E-state index in [1.54, 1.807) is 12.5 Å². The minimum atomic E-state index is 0.927. The molecule has 3 aromatic heterocycles. The molecule has 18 heavy (non-hydrogen) atoms. The highest BCUT2D eigenvalue weighted by Crippen LogP contribution is 2.20. The van der Waals surface area contributed by atoms with Crippen molar-refractivity contribution in [3.8, 4) is 5.82 Å². The first-order chi connectivity index (χ1) is 8.93. The Labute approximate surface area is 103 Å². The fourth-order valence-electron chi connectivity index (χ4n) is 2.23. The molecule has 0 fully saturated rings. The minimum Gasteiger partial charge on any atom is -0.282 e. The number of aromatic nitrogens is 4. The second kappa shape index (κ2) is 3.43. The fourth-order valence-corrected chi connectivity index (χ4v) is 2.23. The lowest BCUT2D eigenvalue weighted by atomic mass is 10.3. The van der Waals surface area contributed by atoms with Crippen LogP contribution in [0.15, 0.2) is 55.0 Å². The van der Waals surface area contributed by atoms with Crippen LogP contribution < -0.4 is 0 Å². The number of fused-ring (bicyclic) bond motifs is 3. The molecule has 4 aromatic rings. The molecule has 85 valence electrons. The van der Waals surface area contributed by atoms with Crippen molar-refractivity contribution < 1.29 is 0 Å². The van der Waals surface area contributed by atoms with Crippen LogP contribution in [0.5, 0.6) is 0 Å². The van der Waals surface area contributed by atoms with E-state index in [0.717, 1.165) is 22.5 Å². The lowest BCUT2D eigenvalue weighted by Crippen LogP contribution is -1.99. The standard InChI is InChI=1S/C14H9N4/c1-2-5-12-11(4-1)16-13-6-3-7-14(18(12)13)17-9-8-15-10-17/h1-8,10H. The average molecular weight is 233 g/mol. The third-order valence-electron chi connectivity index (χ3n) is 3.01. The second-order valence-corrected chi connectivity index (χ2v) is 4.07. The van der Waals surface area contributed by atoms with Crippen molar-refractivity contribution in [3.05, 3.63) is 61.2 Å². The first kappa shape index (κ1) is 9.41. The Kier molecular flexibility index (Phi) is 1.80. The summed E-state index contributed by atoms with van der Waals surface area (Å²) in [6.07, 6.45) is 6.45. The number of imidazole rings is 2. The normalized spacial score (nSPS) is 11.3. The van der Waals surface area contributed by atoms with Crippen molar-refractivity contribution in [2.75, 3.05) is 0 Å². The maximum absolute atomic E-state index is 4.60. The molecule has 0 aliphatic carbocycles. The van der Waals surface area contributed by atoms with Crippen molar-refractivity contribution in [2.45, 2.75) is 0 Å². The maximum Gasteiger partial charge on any atom is 0.139 e. The largest absolute Gasteiger partial charge is 0.282 e. The van der Waals surface area contributed by atoms with Gasteiger partial charge >= 0.3 is 0 Å². The molecule has 0 atom stereocenters. The van der Waals surface area contributed by atoms with Gasteiger partial charge in [0.1, 0.15) is 17.8 Å². The molecule has 0 saturated heterocycles. The number of pyridine rings is 1. The van der Waals surface area contributed by atoms with Crippen molar-refractivity contribution in [1.82, 2.24) is 18.9 Å². The van der Waals surface area contributed by atoms with Crippen LogP contribution in [0.3, 0.4) is 0 Å². The highest BCUT2D eigenvalue weighted by molar-refractivity contribution is 5.81. The molecule has 4 heteroatoms. The molecule has 0 bridgehead atoms. The molecule has 4 rings (SSSR count). The van der Waals surface area contributed by atoms with Gasteiger partial charge in [-0.1, -0.05) is 18.2 Å². The Morgan fingerprint density at radius 1 is 1.00 bits per heavy atom.